The number of nitrogens with zero attached hydrogens (tertiary/aromatic N) is 4. The third-order valence-electron chi connectivity index (χ3n) is 5.22. The van der Waals surface area contributed by atoms with Gasteiger partial charge < -0.3 is 24.6 Å². The normalized spacial score (nSPS) is 13.5. The lowest BCUT2D eigenvalue weighted by molar-refractivity contribution is -0.113. The zero-order valence-electron chi connectivity index (χ0n) is 18.9. The SMILES string of the molecule is COc1cc(OC)cc(C(=O)N2CCN(c3nnc(SCC(=O)Nc4ccccc4)s3)CC2)c1. The van der Waals surface area contributed by atoms with Crippen LogP contribution in [0.15, 0.2) is 52.9 Å². The van der Waals surface area contributed by atoms with E-state index < -0.39 is 0 Å². The Morgan fingerprint density at radius 3 is 2.32 bits per heavy atom. The zero-order chi connectivity index (χ0) is 23.9. The van der Waals surface area contributed by atoms with Crippen molar-refractivity contribution in [3.8, 4) is 11.5 Å². The number of para-hydroxylation sites is 1. The summed E-state index contributed by atoms with van der Waals surface area (Å²) in [5.74, 6) is 1.27. The Labute approximate surface area is 206 Å². The van der Waals surface area contributed by atoms with Crippen molar-refractivity contribution < 1.29 is 19.1 Å². The number of piperazine rings is 1. The lowest BCUT2D eigenvalue weighted by Crippen LogP contribution is -2.48. The Hall–Kier alpha value is -3.31. The summed E-state index contributed by atoms with van der Waals surface area (Å²) in [5.41, 5.74) is 1.30. The number of thioether (sulfide) groups is 1. The van der Waals surface area contributed by atoms with Crippen molar-refractivity contribution in [2.24, 2.45) is 0 Å². The summed E-state index contributed by atoms with van der Waals surface area (Å²) < 4.78 is 11.3. The highest BCUT2D eigenvalue weighted by Crippen LogP contribution is 2.29. The van der Waals surface area contributed by atoms with E-state index in [0.717, 1.165) is 15.2 Å². The predicted molar refractivity (Wildman–Crippen MR) is 133 cm³/mol. The molecule has 34 heavy (non-hydrogen) atoms. The van der Waals surface area contributed by atoms with Crippen LogP contribution in [-0.2, 0) is 4.79 Å². The van der Waals surface area contributed by atoms with Crippen molar-refractivity contribution >= 4 is 45.7 Å². The molecule has 0 unspecified atom stereocenters. The molecule has 1 N–H and O–H groups in total. The third kappa shape index (κ3) is 5.97. The molecule has 2 aromatic carbocycles. The van der Waals surface area contributed by atoms with Crippen LogP contribution in [0.25, 0.3) is 0 Å². The van der Waals surface area contributed by atoms with Crippen molar-refractivity contribution in [1.82, 2.24) is 15.1 Å². The van der Waals surface area contributed by atoms with Gasteiger partial charge in [-0.3, -0.25) is 9.59 Å². The van der Waals surface area contributed by atoms with Gasteiger partial charge >= 0.3 is 0 Å². The Morgan fingerprint density at radius 1 is 1.00 bits per heavy atom. The standard InChI is InChI=1S/C23H25N5O4S2/c1-31-18-12-16(13-19(14-18)32-2)21(30)27-8-10-28(11-9-27)22-25-26-23(34-22)33-15-20(29)24-17-6-4-3-5-7-17/h3-7,12-14H,8-11,15H2,1-2H3,(H,24,29). The molecule has 4 rings (SSSR count). The van der Waals surface area contributed by atoms with Crippen molar-refractivity contribution in [3.05, 3.63) is 54.1 Å². The average Bonchev–Trinajstić information content (AvgIpc) is 3.36. The second-order valence-corrected chi connectivity index (χ2v) is 9.61. The number of amides is 2. The number of nitrogens with one attached hydrogen (secondary N) is 1. The van der Waals surface area contributed by atoms with Crippen molar-refractivity contribution in [2.75, 3.05) is 56.4 Å². The number of methoxy groups -OCH3 is 2. The molecule has 0 bridgehead atoms. The number of carbonyl (C=O) groups excluding carboxylic acids is 2. The number of benzene rings is 2. The molecule has 2 amide bonds. The number of anilines is 2. The largest absolute Gasteiger partial charge is 0.497 e. The molecule has 1 fully saturated rings. The molecular formula is C23H25N5O4S2. The Kier molecular flexibility index (Phi) is 7.86. The summed E-state index contributed by atoms with van der Waals surface area (Å²) in [6.45, 7) is 2.45. The molecule has 2 heterocycles. The first-order chi connectivity index (χ1) is 16.6. The fourth-order valence-corrected chi connectivity index (χ4v) is 5.14. The fourth-order valence-electron chi connectivity index (χ4n) is 3.45. The van der Waals surface area contributed by atoms with Crippen LogP contribution in [0.4, 0.5) is 10.8 Å². The number of ether oxygens (including phenoxy) is 2. The van der Waals surface area contributed by atoms with Gasteiger partial charge in [-0.15, -0.1) is 10.2 Å². The number of aromatic nitrogens is 2. The van der Waals surface area contributed by atoms with Crippen LogP contribution < -0.4 is 19.7 Å². The summed E-state index contributed by atoms with van der Waals surface area (Å²) in [4.78, 5) is 29.1. The molecule has 0 saturated carbocycles. The first-order valence-corrected chi connectivity index (χ1v) is 12.4. The van der Waals surface area contributed by atoms with E-state index in [-0.39, 0.29) is 17.6 Å². The minimum atomic E-state index is -0.0887. The average molecular weight is 500 g/mol. The first kappa shape index (κ1) is 23.8. The molecular weight excluding hydrogens is 474 g/mol. The van der Waals surface area contributed by atoms with Crippen LogP contribution >= 0.6 is 23.1 Å². The van der Waals surface area contributed by atoms with E-state index >= 15 is 0 Å². The van der Waals surface area contributed by atoms with Crippen LogP contribution in [0.1, 0.15) is 10.4 Å². The molecule has 0 aliphatic carbocycles. The van der Waals surface area contributed by atoms with Crippen LogP contribution in [0.2, 0.25) is 0 Å². The van der Waals surface area contributed by atoms with Gasteiger partial charge in [-0.1, -0.05) is 41.3 Å². The van der Waals surface area contributed by atoms with Crippen molar-refractivity contribution in [3.63, 3.8) is 0 Å². The highest BCUT2D eigenvalue weighted by atomic mass is 32.2. The van der Waals surface area contributed by atoms with Gasteiger partial charge in [0, 0.05) is 43.5 Å². The zero-order valence-corrected chi connectivity index (χ0v) is 20.5. The minimum absolute atomic E-state index is 0.0604. The maximum Gasteiger partial charge on any atom is 0.254 e. The van der Waals surface area contributed by atoms with Crippen molar-refractivity contribution in [2.45, 2.75) is 4.34 Å². The molecule has 1 saturated heterocycles. The maximum atomic E-state index is 13.0. The molecule has 3 aromatic rings. The smallest absolute Gasteiger partial charge is 0.254 e. The maximum absolute atomic E-state index is 13.0. The summed E-state index contributed by atoms with van der Waals surface area (Å²) in [5, 5.41) is 12.1. The van der Waals surface area contributed by atoms with Gasteiger partial charge in [-0.25, -0.2) is 0 Å². The number of hydrogen-bond donors (Lipinski definition) is 1. The third-order valence-corrected chi connectivity index (χ3v) is 7.33. The Balaban J connectivity index is 1.28. The van der Waals surface area contributed by atoms with E-state index in [2.05, 4.69) is 20.4 Å². The predicted octanol–water partition coefficient (Wildman–Crippen LogP) is 3.25. The van der Waals surface area contributed by atoms with Crippen molar-refractivity contribution in [1.29, 1.82) is 0 Å². The molecule has 11 heteroatoms. The van der Waals surface area contributed by atoms with Crippen LogP contribution in [0.3, 0.4) is 0 Å². The fraction of sp³-hybridized carbons (Fsp3) is 0.304. The lowest BCUT2D eigenvalue weighted by atomic mass is 10.1. The van der Waals surface area contributed by atoms with E-state index in [1.165, 1.54) is 23.1 Å². The Bertz CT molecular complexity index is 1110. The van der Waals surface area contributed by atoms with Crippen LogP contribution in [-0.4, -0.2) is 73.1 Å². The van der Waals surface area contributed by atoms with Gasteiger partial charge in [-0.05, 0) is 24.3 Å². The summed E-state index contributed by atoms with van der Waals surface area (Å²) >= 11 is 2.81. The summed E-state index contributed by atoms with van der Waals surface area (Å²) in [6, 6.07) is 14.5. The van der Waals surface area contributed by atoms with Gasteiger partial charge in [0.25, 0.3) is 5.91 Å². The van der Waals surface area contributed by atoms with Gasteiger partial charge in [-0.2, -0.15) is 0 Å². The molecule has 0 radical (unpaired) electrons. The monoisotopic (exact) mass is 499 g/mol. The number of carbonyl (C=O) groups is 2. The van der Waals surface area contributed by atoms with E-state index in [0.29, 0.717) is 43.2 Å². The second kappa shape index (κ2) is 11.2. The Morgan fingerprint density at radius 2 is 1.68 bits per heavy atom. The number of rotatable bonds is 8. The van der Waals surface area contributed by atoms with Gasteiger partial charge in [0.1, 0.15) is 11.5 Å². The first-order valence-electron chi connectivity index (χ1n) is 10.6. The molecule has 0 spiro atoms. The van der Waals surface area contributed by atoms with Gasteiger partial charge in [0.05, 0.1) is 20.0 Å². The second-order valence-electron chi connectivity index (χ2n) is 7.43. The molecule has 178 valence electrons. The molecule has 9 nitrogen and oxygen atoms in total. The number of hydrogen-bond acceptors (Lipinski definition) is 9. The summed E-state index contributed by atoms with van der Waals surface area (Å²) in [6.07, 6.45) is 0. The molecule has 1 aromatic heterocycles. The lowest BCUT2D eigenvalue weighted by Gasteiger charge is -2.34. The topological polar surface area (TPSA) is 96.9 Å². The highest BCUT2D eigenvalue weighted by Gasteiger charge is 2.25. The van der Waals surface area contributed by atoms with Crippen LogP contribution in [0, 0.1) is 0 Å². The highest BCUT2D eigenvalue weighted by molar-refractivity contribution is 8.01. The van der Waals surface area contributed by atoms with E-state index in [4.69, 9.17) is 9.47 Å². The molecule has 1 aliphatic rings. The minimum Gasteiger partial charge on any atom is -0.497 e. The van der Waals surface area contributed by atoms with E-state index in [1.807, 2.05) is 35.2 Å². The summed E-state index contributed by atoms with van der Waals surface area (Å²) in [7, 11) is 3.12. The quantitative estimate of drug-likeness (QED) is 0.472. The van der Waals surface area contributed by atoms with E-state index in [9.17, 15) is 9.59 Å². The van der Waals surface area contributed by atoms with Crippen LogP contribution in [0.5, 0.6) is 11.5 Å². The van der Waals surface area contributed by atoms with Gasteiger partial charge in [0.2, 0.25) is 11.0 Å². The molecule has 0 atom stereocenters. The molecule has 1 aliphatic heterocycles. The van der Waals surface area contributed by atoms with E-state index in [1.54, 1.807) is 32.4 Å². The van der Waals surface area contributed by atoms with Gasteiger partial charge in [0.15, 0.2) is 4.34 Å².